The number of hydrogen-bond acceptors (Lipinski definition) is 2. The Hall–Kier alpha value is -1.32. The molecule has 0 aromatic rings. The van der Waals surface area contributed by atoms with Crippen molar-refractivity contribution in [3.63, 3.8) is 0 Å². The predicted octanol–water partition coefficient (Wildman–Crippen LogP) is 12.3. The van der Waals surface area contributed by atoms with E-state index in [4.69, 9.17) is 5.73 Å². The summed E-state index contributed by atoms with van der Waals surface area (Å²) in [6.45, 7) is 5.12. The minimum atomic E-state index is -0.210. The third-order valence-electron chi connectivity index (χ3n) is 9.29. The van der Waals surface area contributed by atoms with Gasteiger partial charge in [-0.3, -0.25) is 9.59 Å². The second-order valence-corrected chi connectivity index (χ2v) is 13.7. The normalized spacial score (nSPS) is 12.2. The van der Waals surface area contributed by atoms with E-state index in [0.29, 0.717) is 19.4 Å². The monoisotopic (exact) mass is 619 g/mol. The van der Waals surface area contributed by atoms with Gasteiger partial charge in [0.1, 0.15) is 0 Å². The van der Waals surface area contributed by atoms with Gasteiger partial charge in [0.15, 0.2) is 0 Å². The summed E-state index contributed by atoms with van der Waals surface area (Å²) in [5.74, 6) is -0.192. The average molecular weight is 619 g/mol. The van der Waals surface area contributed by atoms with Crippen LogP contribution in [0.3, 0.4) is 0 Å². The summed E-state index contributed by atoms with van der Waals surface area (Å²) < 4.78 is 0. The molecule has 0 saturated heterocycles. The van der Waals surface area contributed by atoms with E-state index >= 15 is 0 Å². The van der Waals surface area contributed by atoms with Gasteiger partial charge in [-0.1, -0.05) is 180 Å². The highest BCUT2D eigenvalue weighted by atomic mass is 16.2. The van der Waals surface area contributed by atoms with Crippen molar-refractivity contribution in [2.45, 2.75) is 219 Å². The molecule has 4 nitrogen and oxygen atoms in total. The van der Waals surface area contributed by atoms with Crippen LogP contribution in [0.4, 0.5) is 0 Å². The summed E-state index contributed by atoms with van der Waals surface area (Å²) in [4.78, 5) is 24.1. The van der Waals surface area contributed by atoms with Gasteiger partial charge >= 0.3 is 0 Å². The summed E-state index contributed by atoms with van der Waals surface area (Å²) in [7, 11) is 0. The molecule has 0 aliphatic carbocycles. The second-order valence-electron chi connectivity index (χ2n) is 13.7. The number of carbonyl (C=O) groups is 2. The van der Waals surface area contributed by atoms with Crippen molar-refractivity contribution in [1.82, 2.24) is 5.32 Å². The Kier molecular flexibility index (Phi) is 35.1. The van der Waals surface area contributed by atoms with Gasteiger partial charge in [0.05, 0.1) is 0 Å². The molecule has 0 saturated carbocycles. The molecule has 2 amide bonds. The SMILES string of the molecule is CCCCCCCCC=CCCCCCCCCCCCC(=O)NCCC(CCCCCCCCCCCCCC)C(N)=O. The van der Waals surface area contributed by atoms with Gasteiger partial charge in [-0.05, 0) is 44.9 Å². The molecule has 0 aromatic carbocycles. The van der Waals surface area contributed by atoms with Gasteiger partial charge in [-0.15, -0.1) is 0 Å². The molecule has 0 radical (unpaired) electrons. The number of primary amides is 1. The fourth-order valence-electron chi connectivity index (χ4n) is 6.20. The topological polar surface area (TPSA) is 72.2 Å². The van der Waals surface area contributed by atoms with Crippen molar-refractivity contribution in [1.29, 1.82) is 0 Å². The summed E-state index contributed by atoms with van der Waals surface area (Å²) in [6.07, 6.45) is 45.0. The average Bonchev–Trinajstić information content (AvgIpc) is 3.01. The zero-order chi connectivity index (χ0) is 32.2. The van der Waals surface area contributed by atoms with E-state index in [0.717, 1.165) is 25.7 Å². The quantitative estimate of drug-likeness (QED) is 0.0541. The molecule has 1 atom stereocenters. The van der Waals surface area contributed by atoms with Crippen LogP contribution in [0, 0.1) is 5.92 Å². The van der Waals surface area contributed by atoms with E-state index in [9.17, 15) is 9.59 Å². The summed E-state index contributed by atoms with van der Waals surface area (Å²) in [6, 6.07) is 0. The van der Waals surface area contributed by atoms with E-state index in [2.05, 4.69) is 31.3 Å². The number of allylic oxidation sites excluding steroid dienone is 2. The number of hydrogen-bond donors (Lipinski definition) is 2. The molecule has 44 heavy (non-hydrogen) atoms. The van der Waals surface area contributed by atoms with Crippen LogP contribution in [-0.2, 0) is 9.59 Å². The van der Waals surface area contributed by atoms with E-state index < -0.39 is 0 Å². The maximum absolute atomic E-state index is 12.2. The van der Waals surface area contributed by atoms with E-state index in [-0.39, 0.29) is 17.7 Å². The molecule has 0 rings (SSSR count). The Morgan fingerprint density at radius 2 is 0.864 bits per heavy atom. The molecule has 4 heteroatoms. The first-order valence-corrected chi connectivity index (χ1v) is 19.8. The molecule has 260 valence electrons. The van der Waals surface area contributed by atoms with Crippen molar-refractivity contribution >= 4 is 11.8 Å². The molecular formula is C40H78N2O2. The predicted molar refractivity (Wildman–Crippen MR) is 194 cm³/mol. The largest absolute Gasteiger partial charge is 0.369 e. The molecule has 0 bridgehead atoms. The Morgan fingerprint density at radius 1 is 0.500 bits per heavy atom. The number of nitrogens with one attached hydrogen (secondary N) is 1. The maximum Gasteiger partial charge on any atom is 0.220 e. The molecule has 0 aromatic heterocycles. The first kappa shape index (κ1) is 42.7. The first-order valence-electron chi connectivity index (χ1n) is 19.8. The van der Waals surface area contributed by atoms with Crippen LogP contribution in [0.2, 0.25) is 0 Å². The lowest BCUT2D eigenvalue weighted by Gasteiger charge is -2.14. The van der Waals surface area contributed by atoms with E-state index in [1.807, 2.05) is 0 Å². The zero-order valence-electron chi connectivity index (χ0n) is 30.0. The van der Waals surface area contributed by atoms with Crippen LogP contribution in [0.15, 0.2) is 12.2 Å². The lowest BCUT2D eigenvalue weighted by atomic mass is 9.96. The Balaban J connectivity index is 3.49. The Morgan fingerprint density at radius 3 is 1.27 bits per heavy atom. The number of rotatable bonds is 36. The molecule has 0 fully saturated rings. The van der Waals surface area contributed by atoms with E-state index in [1.54, 1.807) is 0 Å². The highest BCUT2D eigenvalue weighted by Gasteiger charge is 2.15. The molecule has 3 N–H and O–H groups in total. The summed E-state index contributed by atoms with van der Waals surface area (Å²) >= 11 is 0. The van der Waals surface area contributed by atoms with Gasteiger partial charge < -0.3 is 11.1 Å². The zero-order valence-corrected chi connectivity index (χ0v) is 30.0. The Labute approximate surface area is 275 Å². The van der Waals surface area contributed by atoms with Gasteiger partial charge in [0.2, 0.25) is 11.8 Å². The highest BCUT2D eigenvalue weighted by Crippen LogP contribution is 2.17. The lowest BCUT2D eigenvalue weighted by Crippen LogP contribution is -2.30. The van der Waals surface area contributed by atoms with Crippen LogP contribution in [0.25, 0.3) is 0 Å². The standard InChI is InChI=1S/C40H78N2O2/c1-3-5-7-9-11-13-15-17-18-19-20-21-22-23-25-27-29-31-33-35-39(43)42-37-36-38(40(41)44)34-32-30-28-26-24-16-14-12-10-8-6-4-2/h17-18,38H,3-16,19-37H2,1-2H3,(H2,41,44)(H,42,43). The van der Waals surface area contributed by atoms with Gasteiger partial charge in [-0.25, -0.2) is 0 Å². The summed E-state index contributed by atoms with van der Waals surface area (Å²) in [5, 5.41) is 3.02. The van der Waals surface area contributed by atoms with Crippen LogP contribution in [0.1, 0.15) is 219 Å². The molecular weight excluding hydrogens is 540 g/mol. The molecule has 1 unspecified atom stereocenters. The molecule has 0 aliphatic rings. The lowest BCUT2D eigenvalue weighted by molar-refractivity contribution is -0.123. The minimum absolute atomic E-state index is 0.107. The van der Waals surface area contributed by atoms with Crippen LogP contribution in [0.5, 0.6) is 0 Å². The molecule has 0 spiro atoms. The fourth-order valence-corrected chi connectivity index (χ4v) is 6.20. The molecule has 0 heterocycles. The number of unbranched alkanes of at least 4 members (excludes halogenated alkanes) is 26. The van der Waals surface area contributed by atoms with E-state index in [1.165, 1.54) is 167 Å². The van der Waals surface area contributed by atoms with Crippen molar-refractivity contribution in [2.24, 2.45) is 11.7 Å². The van der Waals surface area contributed by atoms with Crippen LogP contribution < -0.4 is 11.1 Å². The van der Waals surface area contributed by atoms with Gasteiger partial charge in [0, 0.05) is 18.9 Å². The van der Waals surface area contributed by atoms with Crippen LogP contribution in [-0.4, -0.2) is 18.4 Å². The fraction of sp³-hybridized carbons (Fsp3) is 0.900. The molecule has 0 aliphatic heterocycles. The van der Waals surface area contributed by atoms with Crippen LogP contribution >= 0.6 is 0 Å². The number of amides is 2. The third kappa shape index (κ3) is 33.6. The van der Waals surface area contributed by atoms with Crippen molar-refractivity contribution in [3.8, 4) is 0 Å². The maximum atomic E-state index is 12.2. The van der Waals surface area contributed by atoms with Crippen molar-refractivity contribution in [3.05, 3.63) is 12.2 Å². The second kappa shape index (κ2) is 36.2. The third-order valence-corrected chi connectivity index (χ3v) is 9.29. The van der Waals surface area contributed by atoms with Crippen molar-refractivity contribution < 1.29 is 9.59 Å². The number of nitrogens with two attached hydrogens (primary N) is 1. The summed E-state index contributed by atoms with van der Waals surface area (Å²) in [5.41, 5.74) is 5.65. The van der Waals surface area contributed by atoms with Gasteiger partial charge in [0.25, 0.3) is 0 Å². The minimum Gasteiger partial charge on any atom is -0.369 e. The Bertz CT molecular complexity index is 633. The first-order chi connectivity index (χ1) is 21.6. The number of carbonyl (C=O) groups excluding carboxylic acids is 2. The van der Waals surface area contributed by atoms with Crippen molar-refractivity contribution in [2.75, 3.05) is 6.54 Å². The van der Waals surface area contributed by atoms with Gasteiger partial charge in [-0.2, -0.15) is 0 Å². The smallest absolute Gasteiger partial charge is 0.220 e. The highest BCUT2D eigenvalue weighted by molar-refractivity contribution is 5.77.